The monoisotopic (exact) mass is 327 g/mol. The molecule has 0 fully saturated rings. The van der Waals surface area contributed by atoms with Gasteiger partial charge in [0.2, 0.25) is 5.91 Å². The van der Waals surface area contributed by atoms with Crippen molar-refractivity contribution in [3.05, 3.63) is 53.6 Å². The van der Waals surface area contributed by atoms with E-state index in [1.807, 2.05) is 49.4 Å². The molecule has 5 nitrogen and oxygen atoms in total. The first-order valence-electron chi connectivity index (χ1n) is 7.94. The number of nitrogens with one attached hydrogen (secondary N) is 1. The first-order chi connectivity index (χ1) is 11.7. The van der Waals surface area contributed by atoms with Crippen molar-refractivity contribution in [2.24, 2.45) is 0 Å². The van der Waals surface area contributed by atoms with E-state index in [0.29, 0.717) is 25.3 Å². The van der Waals surface area contributed by atoms with Crippen LogP contribution in [0.5, 0.6) is 17.2 Å². The second kappa shape index (κ2) is 7.25. The highest BCUT2D eigenvalue weighted by atomic mass is 16.6. The number of amides is 1. The second-order valence-electron chi connectivity index (χ2n) is 5.78. The largest absolute Gasteiger partial charge is 0.496 e. The van der Waals surface area contributed by atoms with Gasteiger partial charge in [0.25, 0.3) is 0 Å². The lowest BCUT2D eigenvalue weighted by atomic mass is 10.1. The van der Waals surface area contributed by atoms with Gasteiger partial charge in [0.1, 0.15) is 18.5 Å². The Bertz CT molecular complexity index is 729. The Balaban J connectivity index is 1.50. The van der Waals surface area contributed by atoms with Crippen molar-refractivity contribution >= 4 is 5.91 Å². The highest BCUT2D eigenvalue weighted by Crippen LogP contribution is 2.30. The van der Waals surface area contributed by atoms with Crippen molar-refractivity contribution in [2.45, 2.75) is 19.4 Å². The number of methoxy groups -OCH3 is 1. The molecule has 0 spiro atoms. The highest BCUT2D eigenvalue weighted by molar-refractivity contribution is 5.78. The van der Waals surface area contributed by atoms with Crippen LogP contribution in [0.2, 0.25) is 0 Å². The summed E-state index contributed by atoms with van der Waals surface area (Å²) in [6.45, 7) is 2.81. The minimum atomic E-state index is -0.179. The average Bonchev–Trinajstić information content (AvgIpc) is 2.60. The molecule has 1 aliphatic heterocycles. The Labute approximate surface area is 141 Å². The topological polar surface area (TPSA) is 56.8 Å². The van der Waals surface area contributed by atoms with Gasteiger partial charge in [0.15, 0.2) is 11.5 Å². The van der Waals surface area contributed by atoms with Crippen LogP contribution in [0.25, 0.3) is 0 Å². The molecular weight excluding hydrogens is 306 g/mol. The van der Waals surface area contributed by atoms with Crippen LogP contribution in [0.3, 0.4) is 0 Å². The molecule has 1 N–H and O–H groups in total. The fourth-order valence-corrected chi connectivity index (χ4v) is 2.69. The van der Waals surface area contributed by atoms with Crippen molar-refractivity contribution in [1.29, 1.82) is 0 Å². The molecule has 126 valence electrons. The van der Waals surface area contributed by atoms with Gasteiger partial charge in [-0.2, -0.15) is 0 Å². The third-order valence-corrected chi connectivity index (χ3v) is 3.92. The summed E-state index contributed by atoms with van der Waals surface area (Å²) in [6, 6.07) is 13.3. The Hall–Kier alpha value is -2.69. The Morgan fingerprint density at radius 3 is 2.79 bits per heavy atom. The van der Waals surface area contributed by atoms with Gasteiger partial charge in [-0.3, -0.25) is 4.79 Å². The summed E-state index contributed by atoms with van der Waals surface area (Å²) in [5.74, 6) is 2.25. The molecule has 2 aromatic carbocycles. The van der Waals surface area contributed by atoms with E-state index in [2.05, 4.69) is 5.32 Å². The summed E-state index contributed by atoms with van der Waals surface area (Å²) in [5.41, 5.74) is 1.97. The maximum absolute atomic E-state index is 12.1. The zero-order valence-corrected chi connectivity index (χ0v) is 13.9. The summed E-state index contributed by atoms with van der Waals surface area (Å²) in [4.78, 5) is 12.1. The Morgan fingerprint density at radius 1 is 1.25 bits per heavy atom. The molecule has 0 saturated heterocycles. The first kappa shape index (κ1) is 16.2. The van der Waals surface area contributed by atoms with E-state index in [1.165, 1.54) is 0 Å². The van der Waals surface area contributed by atoms with Crippen molar-refractivity contribution in [3.8, 4) is 17.2 Å². The van der Waals surface area contributed by atoms with Gasteiger partial charge in [-0.05, 0) is 36.2 Å². The van der Waals surface area contributed by atoms with Crippen LogP contribution in [0.1, 0.15) is 11.1 Å². The minimum absolute atomic E-state index is 0.0398. The van der Waals surface area contributed by atoms with Crippen LogP contribution >= 0.6 is 0 Å². The molecule has 1 amide bonds. The van der Waals surface area contributed by atoms with Crippen molar-refractivity contribution in [1.82, 2.24) is 5.32 Å². The third kappa shape index (κ3) is 3.79. The number of para-hydroxylation sites is 2. The van der Waals surface area contributed by atoms with Crippen LogP contribution < -0.4 is 19.5 Å². The molecule has 24 heavy (non-hydrogen) atoms. The molecule has 1 atom stereocenters. The number of benzene rings is 2. The van der Waals surface area contributed by atoms with E-state index in [4.69, 9.17) is 14.2 Å². The summed E-state index contributed by atoms with van der Waals surface area (Å²) in [7, 11) is 1.64. The molecule has 0 aliphatic carbocycles. The van der Waals surface area contributed by atoms with E-state index < -0.39 is 0 Å². The molecule has 0 bridgehead atoms. The fourth-order valence-electron chi connectivity index (χ4n) is 2.69. The van der Waals surface area contributed by atoms with Crippen LogP contribution in [0.4, 0.5) is 0 Å². The summed E-state index contributed by atoms with van der Waals surface area (Å²) >= 11 is 0. The van der Waals surface area contributed by atoms with E-state index in [9.17, 15) is 4.79 Å². The third-order valence-electron chi connectivity index (χ3n) is 3.92. The number of carbonyl (C=O) groups is 1. The maximum Gasteiger partial charge on any atom is 0.224 e. The first-order valence-corrected chi connectivity index (χ1v) is 7.94. The molecular formula is C19H21NO4. The van der Waals surface area contributed by atoms with E-state index in [-0.39, 0.29) is 12.0 Å². The maximum atomic E-state index is 12.1. The molecule has 1 heterocycles. The van der Waals surface area contributed by atoms with Crippen LogP contribution in [-0.2, 0) is 11.2 Å². The van der Waals surface area contributed by atoms with Gasteiger partial charge >= 0.3 is 0 Å². The van der Waals surface area contributed by atoms with Gasteiger partial charge < -0.3 is 19.5 Å². The van der Waals surface area contributed by atoms with Crippen LogP contribution in [0.15, 0.2) is 42.5 Å². The van der Waals surface area contributed by atoms with Gasteiger partial charge in [0, 0.05) is 0 Å². The quantitative estimate of drug-likeness (QED) is 0.917. The lowest BCUT2D eigenvalue weighted by Gasteiger charge is -2.26. The van der Waals surface area contributed by atoms with Gasteiger partial charge in [0.05, 0.1) is 20.1 Å². The number of rotatable bonds is 5. The van der Waals surface area contributed by atoms with Crippen molar-refractivity contribution in [2.75, 3.05) is 20.3 Å². The molecule has 2 aromatic rings. The number of ether oxygens (including phenoxy) is 3. The van der Waals surface area contributed by atoms with Gasteiger partial charge in [-0.25, -0.2) is 0 Å². The number of aryl methyl sites for hydroxylation is 1. The minimum Gasteiger partial charge on any atom is -0.496 e. The molecule has 1 aliphatic rings. The van der Waals surface area contributed by atoms with Gasteiger partial charge in [-0.15, -0.1) is 0 Å². The predicted octanol–water partition coefficient (Wildman–Crippen LogP) is 2.50. The second-order valence-corrected chi connectivity index (χ2v) is 5.78. The molecule has 3 rings (SSSR count). The van der Waals surface area contributed by atoms with E-state index >= 15 is 0 Å². The summed E-state index contributed by atoms with van der Waals surface area (Å²) in [6.07, 6.45) is 0.149. The molecule has 0 aromatic heterocycles. The molecule has 5 heteroatoms. The fraction of sp³-hybridized carbons (Fsp3) is 0.316. The van der Waals surface area contributed by atoms with E-state index in [0.717, 1.165) is 22.6 Å². The van der Waals surface area contributed by atoms with Gasteiger partial charge in [-0.1, -0.05) is 24.3 Å². The smallest absolute Gasteiger partial charge is 0.224 e. The number of hydrogen-bond acceptors (Lipinski definition) is 4. The highest BCUT2D eigenvalue weighted by Gasteiger charge is 2.21. The standard InChI is InChI=1S/C19H21NO4/c1-13-9-14(7-8-16(13)22-2)10-19(21)20-11-15-12-23-17-5-3-4-6-18(17)24-15/h3-9,15H,10-12H2,1-2H3,(H,20,21). The molecule has 0 radical (unpaired) electrons. The summed E-state index contributed by atoms with van der Waals surface area (Å²) < 4.78 is 16.7. The predicted molar refractivity (Wildman–Crippen MR) is 90.8 cm³/mol. The lowest BCUT2D eigenvalue weighted by Crippen LogP contribution is -2.41. The number of fused-ring (bicyclic) bond motifs is 1. The SMILES string of the molecule is COc1ccc(CC(=O)NCC2COc3ccccc3O2)cc1C. The number of carbonyl (C=O) groups excluding carboxylic acids is 1. The average molecular weight is 327 g/mol. The normalized spacial score (nSPS) is 15.7. The van der Waals surface area contributed by atoms with Crippen molar-refractivity contribution in [3.63, 3.8) is 0 Å². The molecule has 1 unspecified atom stereocenters. The number of hydrogen-bond donors (Lipinski definition) is 1. The lowest BCUT2D eigenvalue weighted by molar-refractivity contribution is -0.120. The molecule has 0 saturated carbocycles. The van der Waals surface area contributed by atoms with Crippen LogP contribution in [-0.4, -0.2) is 32.3 Å². The summed E-state index contributed by atoms with van der Waals surface area (Å²) in [5, 5.41) is 2.90. The zero-order chi connectivity index (χ0) is 16.9. The van der Waals surface area contributed by atoms with E-state index in [1.54, 1.807) is 7.11 Å². The zero-order valence-electron chi connectivity index (χ0n) is 13.9. The Kier molecular flexibility index (Phi) is 4.89. The van der Waals surface area contributed by atoms with Crippen LogP contribution in [0, 0.1) is 6.92 Å². The van der Waals surface area contributed by atoms with Crippen molar-refractivity contribution < 1.29 is 19.0 Å². The Morgan fingerprint density at radius 2 is 2.04 bits per heavy atom.